The average Bonchev–Trinajstić information content (AvgIpc) is 2.81. The van der Waals surface area contributed by atoms with Crippen molar-refractivity contribution in [3.63, 3.8) is 0 Å². The number of urea groups is 1. The van der Waals surface area contributed by atoms with Crippen LogP contribution in [0.2, 0.25) is 0 Å². The van der Waals surface area contributed by atoms with Gasteiger partial charge in [0.05, 0.1) is 16.8 Å². The van der Waals surface area contributed by atoms with Crippen molar-refractivity contribution in [2.45, 2.75) is 58.1 Å². The second kappa shape index (κ2) is 6.54. The van der Waals surface area contributed by atoms with Gasteiger partial charge in [0, 0.05) is 36.4 Å². The number of hydrogen-bond acceptors (Lipinski definition) is 4. The van der Waals surface area contributed by atoms with Crippen LogP contribution in [0.15, 0.2) is 5.38 Å². The maximum Gasteiger partial charge on any atom is 0.315 e. The Morgan fingerprint density at radius 3 is 2.95 bits per heavy atom. The summed E-state index contributed by atoms with van der Waals surface area (Å²) in [6, 6.07) is 0.220. The number of aromatic nitrogens is 1. The van der Waals surface area contributed by atoms with Crippen LogP contribution in [0.1, 0.15) is 43.3 Å². The van der Waals surface area contributed by atoms with Gasteiger partial charge < -0.3 is 15.4 Å². The molecule has 2 N–H and O–H groups in total. The van der Waals surface area contributed by atoms with Crippen molar-refractivity contribution < 1.29 is 9.53 Å². The van der Waals surface area contributed by atoms with Crippen molar-refractivity contribution >= 4 is 17.4 Å². The third-order valence-electron chi connectivity index (χ3n) is 5.08. The van der Waals surface area contributed by atoms with Crippen LogP contribution in [0.3, 0.4) is 0 Å². The number of nitrogens with one attached hydrogen (secondary N) is 2. The number of amides is 2. The van der Waals surface area contributed by atoms with Gasteiger partial charge in [-0.1, -0.05) is 6.42 Å². The summed E-state index contributed by atoms with van der Waals surface area (Å²) in [7, 11) is 0. The van der Waals surface area contributed by atoms with Gasteiger partial charge in [-0.25, -0.2) is 9.78 Å². The van der Waals surface area contributed by atoms with E-state index in [0.29, 0.717) is 12.6 Å². The quantitative estimate of drug-likeness (QED) is 0.846. The van der Waals surface area contributed by atoms with E-state index in [2.05, 4.69) is 21.0 Å². The molecule has 0 saturated heterocycles. The topological polar surface area (TPSA) is 63.2 Å². The predicted molar refractivity (Wildman–Crippen MR) is 87.2 cm³/mol. The Bertz CT molecular complexity index is 527. The summed E-state index contributed by atoms with van der Waals surface area (Å²) < 4.78 is 5.81. The van der Waals surface area contributed by atoms with Crippen LogP contribution in [0.5, 0.6) is 0 Å². The zero-order chi connectivity index (χ0) is 15.6. The number of rotatable bonds is 6. The first-order chi connectivity index (χ1) is 10.6. The van der Waals surface area contributed by atoms with Crippen LogP contribution in [-0.2, 0) is 11.2 Å². The van der Waals surface area contributed by atoms with E-state index < -0.39 is 0 Å². The monoisotopic (exact) mass is 323 g/mol. The number of carbonyl (C=O) groups is 1. The summed E-state index contributed by atoms with van der Waals surface area (Å²) in [5.74, 6) is 0. The molecule has 1 aromatic heterocycles. The van der Waals surface area contributed by atoms with Crippen LogP contribution in [0, 0.1) is 12.3 Å². The Balaban J connectivity index is 1.41. The maximum absolute atomic E-state index is 12.1. The molecule has 2 amide bonds. The van der Waals surface area contributed by atoms with Crippen molar-refractivity contribution in [2.24, 2.45) is 5.41 Å². The van der Waals surface area contributed by atoms with Crippen LogP contribution in [0.4, 0.5) is 4.79 Å². The molecule has 5 nitrogen and oxygen atoms in total. The highest BCUT2D eigenvalue weighted by Gasteiger charge is 2.59. The van der Waals surface area contributed by atoms with Crippen LogP contribution >= 0.6 is 11.3 Å². The summed E-state index contributed by atoms with van der Waals surface area (Å²) in [5, 5.41) is 9.21. The summed E-state index contributed by atoms with van der Waals surface area (Å²) >= 11 is 1.65. The maximum atomic E-state index is 12.1. The standard InChI is InChI=1S/C16H25N3O2S/c1-3-21-14-9-13(16(14)6-4-7-16)19-15(20)17-8-5-12-10-22-11(2)18-12/h10,13-14H,3-9H2,1-2H3,(H2,17,19,20). The minimum atomic E-state index is -0.0572. The van der Waals surface area contributed by atoms with E-state index in [1.165, 1.54) is 19.3 Å². The minimum absolute atomic E-state index is 0.0572. The first kappa shape index (κ1) is 15.7. The fourth-order valence-electron chi connectivity index (χ4n) is 3.68. The number of ether oxygens (including phenoxy) is 1. The molecule has 2 aliphatic carbocycles. The minimum Gasteiger partial charge on any atom is -0.378 e. The summed E-state index contributed by atoms with van der Waals surface area (Å²) in [6.07, 6.45) is 5.70. The SMILES string of the molecule is CCOC1CC(NC(=O)NCCc2csc(C)n2)C12CCC2. The number of thiazole rings is 1. The molecule has 0 aromatic carbocycles. The summed E-state index contributed by atoms with van der Waals surface area (Å²) in [5.41, 5.74) is 1.28. The van der Waals surface area contributed by atoms with Gasteiger partial charge >= 0.3 is 6.03 Å². The lowest BCUT2D eigenvalue weighted by atomic mass is 9.51. The van der Waals surface area contributed by atoms with Crippen LogP contribution < -0.4 is 10.6 Å². The molecule has 2 saturated carbocycles. The Labute approximate surface area is 135 Å². The number of nitrogens with zero attached hydrogens (tertiary/aromatic N) is 1. The molecule has 22 heavy (non-hydrogen) atoms. The van der Waals surface area contributed by atoms with E-state index in [1.807, 2.05) is 13.8 Å². The Morgan fingerprint density at radius 1 is 1.55 bits per heavy atom. The fourth-order valence-corrected chi connectivity index (χ4v) is 4.32. The number of carbonyl (C=O) groups excluding carboxylic acids is 1. The molecule has 0 aliphatic heterocycles. The van der Waals surface area contributed by atoms with E-state index in [-0.39, 0.29) is 17.5 Å². The largest absolute Gasteiger partial charge is 0.378 e. The van der Waals surface area contributed by atoms with E-state index in [4.69, 9.17) is 4.74 Å². The van der Waals surface area contributed by atoms with Gasteiger partial charge in [-0.05, 0) is 33.1 Å². The van der Waals surface area contributed by atoms with Crippen LogP contribution in [-0.4, -0.2) is 36.3 Å². The van der Waals surface area contributed by atoms with Crippen molar-refractivity contribution in [3.8, 4) is 0 Å². The lowest BCUT2D eigenvalue weighted by molar-refractivity contribution is -0.169. The molecule has 2 fully saturated rings. The molecule has 122 valence electrons. The van der Waals surface area contributed by atoms with Crippen LogP contribution in [0.25, 0.3) is 0 Å². The molecule has 1 heterocycles. The summed E-state index contributed by atoms with van der Waals surface area (Å²) in [6.45, 7) is 5.43. The van der Waals surface area contributed by atoms with Gasteiger partial charge in [0.1, 0.15) is 0 Å². The predicted octanol–water partition coefficient (Wildman–Crippen LogP) is 2.64. The molecule has 2 atom stereocenters. The Hall–Kier alpha value is -1.14. The van der Waals surface area contributed by atoms with E-state index >= 15 is 0 Å². The highest BCUT2D eigenvalue weighted by atomic mass is 32.1. The second-order valence-corrected chi connectivity index (χ2v) is 7.39. The molecule has 6 heteroatoms. The van der Waals surface area contributed by atoms with Crippen molar-refractivity contribution in [1.82, 2.24) is 15.6 Å². The fraction of sp³-hybridized carbons (Fsp3) is 0.750. The molecule has 1 aromatic rings. The molecule has 3 rings (SSSR count). The average molecular weight is 323 g/mol. The third-order valence-corrected chi connectivity index (χ3v) is 5.90. The number of hydrogen-bond donors (Lipinski definition) is 2. The molecule has 2 aliphatic rings. The highest BCUT2D eigenvalue weighted by molar-refractivity contribution is 7.09. The first-order valence-electron chi connectivity index (χ1n) is 8.21. The van der Waals surface area contributed by atoms with Gasteiger partial charge in [-0.3, -0.25) is 0 Å². The van der Waals surface area contributed by atoms with Crippen molar-refractivity contribution in [3.05, 3.63) is 16.1 Å². The lowest BCUT2D eigenvalue weighted by Crippen LogP contribution is -2.68. The molecule has 2 unspecified atom stereocenters. The van der Waals surface area contributed by atoms with E-state index in [1.54, 1.807) is 11.3 Å². The van der Waals surface area contributed by atoms with Gasteiger partial charge in [0.15, 0.2) is 0 Å². The smallest absolute Gasteiger partial charge is 0.315 e. The lowest BCUT2D eigenvalue weighted by Gasteiger charge is -2.60. The molecule has 0 bridgehead atoms. The van der Waals surface area contributed by atoms with Crippen molar-refractivity contribution in [1.29, 1.82) is 0 Å². The van der Waals surface area contributed by atoms with Gasteiger partial charge in [0.25, 0.3) is 0 Å². The molecular formula is C16H25N3O2S. The zero-order valence-electron chi connectivity index (χ0n) is 13.4. The summed E-state index contributed by atoms with van der Waals surface area (Å²) in [4.78, 5) is 16.5. The van der Waals surface area contributed by atoms with Gasteiger partial charge in [-0.2, -0.15) is 0 Å². The normalized spacial score (nSPS) is 25.4. The van der Waals surface area contributed by atoms with E-state index in [9.17, 15) is 4.79 Å². The zero-order valence-corrected chi connectivity index (χ0v) is 14.2. The first-order valence-corrected chi connectivity index (χ1v) is 9.09. The number of aryl methyl sites for hydroxylation is 1. The second-order valence-electron chi connectivity index (χ2n) is 6.33. The Kier molecular flexibility index (Phi) is 4.68. The highest BCUT2D eigenvalue weighted by Crippen LogP contribution is 2.57. The van der Waals surface area contributed by atoms with Gasteiger partial charge in [0.2, 0.25) is 0 Å². The molecule has 0 radical (unpaired) electrons. The molecule has 1 spiro atoms. The van der Waals surface area contributed by atoms with E-state index in [0.717, 1.165) is 30.2 Å². The van der Waals surface area contributed by atoms with Crippen molar-refractivity contribution in [2.75, 3.05) is 13.2 Å². The molecular weight excluding hydrogens is 298 g/mol. The third kappa shape index (κ3) is 2.99. The Morgan fingerprint density at radius 2 is 2.36 bits per heavy atom. The van der Waals surface area contributed by atoms with Gasteiger partial charge in [-0.15, -0.1) is 11.3 Å².